The predicted octanol–water partition coefficient (Wildman–Crippen LogP) is 13.3. The van der Waals surface area contributed by atoms with E-state index in [0.29, 0.717) is 6.61 Å². The first-order chi connectivity index (χ1) is 27.3. The Labute approximate surface area is 345 Å². The summed E-state index contributed by atoms with van der Waals surface area (Å²) in [6.45, 7) is 3.56. The first-order valence-corrected chi connectivity index (χ1v) is 25.2. The van der Waals surface area contributed by atoms with Gasteiger partial charge in [-0.25, -0.2) is 4.57 Å². The Hall–Kier alpha value is -0.800. The lowest BCUT2D eigenvalue weighted by atomic mass is 10.0. The molecule has 3 atom stereocenters. The SMILES string of the molecule is CCCCCCCC/C=C\CCCCCCCCCCCCOCC(COP(=O)(O)OCC(O)CO)OC(=O)CCCCCCCCCCCCCCCCC. The van der Waals surface area contributed by atoms with Crippen LogP contribution in [0.5, 0.6) is 0 Å². The highest BCUT2D eigenvalue weighted by molar-refractivity contribution is 7.47. The predicted molar refractivity (Wildman–Crippen MR) is 233 cm³/mol. The Morgan fingerprint density at radius 2 is 0.911 bits per heavy atom. The van der Waals surface area contributed by atoms with Gasteiger partial charge in [0.15, 0.2) is 0 Å². The van der Waals surface area contributed by atoms with E-state index >= 15 is 0 Å². The van der Waals surface area contributed by atoms with Crippen LogP contribution in [0.4, 0.5) is 0 Å². The number of aliphatic hydroxyl groups is 2. The zero-order valence-electron chi connectivity index (χ0n) is 36.6. The van der Waals surface area contributed by atoms with Crippen LogP contribution in [0.15, 0.2) is 12.2 Å². The number of aliphatic hydroxyl groups excluding tert-OH is 2. The second-order valence-corrected chi connectivity index (χ2v) is 17.6. The summed E-state index contributed by atoms with van der Waals surface area (Å²) in [5.41, 5.74) is 0. The fraction of sp³-hybridized carbons (Fsp3) is 0.935. The molecule has 0 amide bonds. The van der Waals surface area contributed by atoms with Gasteiger partial charge in [-0.3, -0.25) is 13.8 Å². The molecule has 9 nitrogen and oxygen atoms in total. The molecule has 0 fully saturated rings. The van der Waals surface area contributed by atoms with Crippen LogP contribution >= 0.6 is 7.82 Å². The van der Waals surface area contributed by atoms with E-state index in [9.17, 15) is 19.4 Å². The lowest BCUT2D eigenvalue weighted by Crippen LogP contribution is -2.29. The number of ether oxygens (including phenoxy) is 2. The maximum atomic E-state index is 12.6. The summed E-state index contributed by atoms with van der Waals surface area (Å²) in [5.74, 6) is -0.378. The fourth-order valence-electron chi connectivity index (χ4n) is 6.82. The van der Waals surface area contributed by atoms with E-state index in [2.05, 4.69) is 26.0 Å². The van der Waals surface area contributed by atoms with Crippen LogP contribution in [0.1, 0.15) is 232 Å². The third-order valence-corrected chi connectivity index (χ3v) is 11.4. The fourth-order valence-corrected chi connectivity index (χ4v) is 7.61. The van der Waals surface area contributed by atoms with Gasteiger partial charge in [-0.1, -0.05) is 199 Å². The van der Waals surface area contributed by atoms with E-state index in [-0.39, 0.29) is 25.6 Å². The third kappa shape index (κ3) is 42.8. The first-order valence-electron chi connectivity index (χ1n) is 23.7. The van der Waals surface area contributed by atoms with Crippen LogP contribution in [0, 0.1) is 0 Å². The minimum Gasteiger partial charge on any atom is -0.457 e. The Kier molecular flexibility index (Phi) is 43.1. The molecule has 0 saturated heterocycles. The summed E-state index contributed by atoms with van der Waals surface area (Å²) in [6.07, 6.45) is 44.5. The van der Waals surface area contributed by atoms with Crippen LogP contribution in [0.3, 0.4) is 0 Å². The zero-order valence-corrected chi connectivity index (χ0v) is 37.5. The second-order valence-electron chi connectivity index (χ2n) is 16.1. The van der Waals surface area contributed by atoms with Crippen LogP contribution in [-0.4, -0.2) is 66.3 Å². The van der Waals surface area contributed by atoms with Crippen molar-refractivity contribution in [2.75, 3.05) is 33.0 Å². The van der Waals surface area contributed by atoms with Gasteiger partial charge in [0.05, 0.1) is 26.4 Å². The summed E-state index contributed by atoms with van der Waals surface area (Å²) in [6, 6.07) is 0. The van der Waals surface area contributed by atoms with Crippen LogP contribution in [0.25, 0.3) is 0 Å². The van der Waals surface area contributed by atoms with Crippen molar-refractivity contribution in [1.82, 2.24) is 0 Å². The Bertz CT molecular complexity index is 887. The molecule has 10 heteroatoms. The molecule has 0 spiro atoms. The molecule has 334 valence electrons. The van der Waals surface area contributed by atoms with Crippen LogP contribution in [-0.2, 0) is 27.9 Å². The van der Waals surface area contributed by atoms with Gasteiger partial charge in [0.25, 0.3) is 0 Å². The van der Waals surface area contributed by atoms with Crippen molar-refractivity contribution in [2.45, 2.75) is 244 Å². The Balaban J connectivity index is 4.07. The number of esters is 1. The number of allylic oxidation sites excluding steroid dienone is 2. The number of unbranched alkanes of at least 4 members (excludes halogenated alkanes) is 30. The van der Waals surface area contributed by atoms with Crippen LogP contribution < -0.4 is 0 Å². The van der Waals surface area contributed by atoms with E-state index in [4.69, 9.17) is 23.6 Å². The van der Waals surface area contributed by atoms with Gasteiger partial charge in [-0.05, 0) is 38.5 Å². The Morgan fingerprint density at radius 1 is 0.536 bits per heavy atom. The average Bonchev–Trinajstić information content (AvgIpc) is 3.19. The monoisotopic (exact) mass is 819 g/mol. The molecule has 3 unspecified atom stereocenters. The highest BCUT2D eigenvalue weighted by Crippen LogP contribution is 2.43. The van der Waals surface area contributed by atoms with Gasteiger partial charge in [0.2, 0.25) is 0 Å². The zero-order chi connectivity index (χ0) is 41.1. The van der Waals surface area contributed by atoms with Crippen molar-refractivity contribution in [3.63, 3.8) is 0 Å². The Morgan fingerprint density at radius 3 is 1.34 bits per heavy atom. The highest BCUT2D eigenvalue weighted by atomic mass is 31.2. The molecule has 0 aliphatic heterocycles. The summed E-state index contributed by atoms with van der Waals surface area (Å²) >= 11 is 0. The summed E-state index contributed by atoms with van der Waals surface area (Å²) < 4.78 is 33.4. The molecule has 0 rings (SSSR count). The van der Waals surface area contributed by atoms with Crippen molar-refractivity contribution in [3.8, 4) is 0 Å². The van der Waals surface area contributed by atoms with Crippen molar-refractivity contribution in [2.24, 2.45) is 0 Å². The van der Waals surface area contributed by atoms with Crippen LogP contribution in [0.2, 0.25) is 0 Å². The molecule has 0 aromatic heterocycles. The second kappa shape index (κ2) is 43.8. The quantitative estimate of drug-likeness (QED) is 0.0238. The van der Waals surface area contributed by atoms with Crippen molar-refractivity contribution >= 4 is 13.8 Å². The minimum absolute atomic E-state index is 0.0543. The van der Waals surface area contributed by atoms with Gasteiger partial charge >= 0.3 is 13.8 Å². The summed E-state index contributed by atoms with van der Waals surface area (Å²) in [4.78, 5) is 22.6. The molecule has 0 bridgehead atoms. The summed E-state index contributed by atoms with van der Waals surface area (Å²) in [7, 11) is -4.51. The van der Waals surface area contributed by atoms with Crippen molar-refractivity contribution < 1.29 is 43.0 Å². The topological polar surface area (TPSA) is 132 Å². The van der Waals surface area contributed by atoms with Gasteiger partial charge in [0, 0.05) is 13.0 Å². The molecular formula is C46H91O9P. The van der Waals surface area contributed by atoms with Crippen molar-refractivity contribution in [3.05, 3.63) is 12.2 Å². The molecule has 0 aliphatic carbocycles. The number of carbonyl (C=O) groups excluding carboxylic acids is 1. The number of hydrogen-bond acceptors (Lipinski definition) is 8. The lowest BCUT2D eigenvalue weighted by Gasteiger charge is -2.20. The standard InChI is InChI=1S/C46H91O9P/c1-3-5-7-9-11-13-15-17-19-20-21-22-23-25-27-29-31-33-35-37-39-52-42-45(43-54-56(50,51)53-41-44(48)40-47)55-46(49)38-36-34-32-30-28-26-24-18-16-14-12-10-8-6-4-2/h17,19,44-45,47-48H,3-16,18,20-43H2,1-2H3,(H,50,51)/b19-17-. The summed E-state index contributed by atoms with van der Waals surface area (Å²) in [5, 5.41) is 18.4. The maximum absolute atomic E-state index is 12.6. The first kappa shape index (κ1) is 55.2. The van der Waals surface area contributed by atoms with E-state index in [1.54, 1.807) is 0 Å². The number of phosphoric ester groups is 1. The van der Waals surface area contributed by atoms with E-state index in [1.165, 1.54) is 173 Å². The third-order valence-electron chi connectivity index (χ3n) is 10.5. The molecule has 3 N–H and O–H groups in total. The number of carbonyl (C=O) groups is 1. The molecule has 0 aromatic carbocycles. The van der Waals surface area contributed by atoms with E-state index in [0.717, 1.165) is 38.5 Å². The molecule has 0 radical (unpaired) electrons. The molecule has 0 saturated carbocycles. The smallest absolute Gasteiger partial charge is 0.457 e. The molecule has 0 heterocycles. The molecule has 0 aliphatic rings. The number of hydrogen-bond donors (Lipinski definition) is 3. The van der Waals surface area contributed by atoms with Gasteiger partial charge in [-0.15, -0.1) is 0 Å². The van der Waals surface area contributed by atoms with Gasteiger partial charge in [-0.2, -0.15) is 0 Å². The maximum Gasteiger partial charge on any atom is 0.472 e. The highest BCUT2D eigenvalue weighted by Gasteiger charge is 2.26. The lowest BCUT2D eigenvalue weighted by molar-refractivity contribution is -0.154. The van der Waals surface area contributed by atoms with E-state index < -0.39 is 33.2 Å². The molecule has 56 heavy (non-hydrogen) atoms. The number of phosphoric acid groups is 1. The van der Waals surface area contributed by atoms with Gasteiger partial charge < -0.3 is 24.6 Å². The van der Waals surface area contributed by atoms with Gasteiger partial charge in [0.1, 0.15) is 12.2 Å². The normalized spacial score (nSPS) is 14.0. The molecular weight excluding hydrogens is 727 g/mol. The van der Waals surface area contributed by atoms with Crippen molar-refractivity contribution in [1.29, 1.82) is 0 Å². The average molecular weight is 819 g/mol. The molecule has 0 aromatic rings. The minimum atomic E-state index is -4.51. The van der Waals surface area contributed by atoms with E-state index in [1.807, 2.05) is 0 Å². The number of rotatable bonds is 46. The largest absolute Gasteiger partial charge is 0.472 e.